The Morgan fingerprint density at radius 2 is 2.38 bits per heavy atom. The molecule has 1 aliphatic rings. The van der Waals surface area contributed by atoms with E-state index in [1.54, 1.807) is 0 Å². The van der Waals surface area contributed by atoms with Crippen LogP contribution in [0.5, 0.6) is 5.75 Å². The van der Waals surface area contributed by atoms with Gasteiger partial charge in [-0.2, -0.15) is 0 Å². The van der Waals surface area contributed by atoms with Gasteiger partial charge in [0.1, 0.15) is 5.75 Å². The Kier molecular flexibility index (Phi) is 3.67. The number of hydrogen-bond acceptors (Lipinski definition) is 2. The summed E-state index contributed by atoms with van der Waals surface area (Å²) >= 11 is 5.48. The topological polar surface area (TPSA) is 38.3 Å². The SMILES string of the molecule is O=C(CCCl)NCc1ccc2c(c1)CCO2. The van der Waals surface area contributed by atoms with Gasteiger partial charge in [-0.05, 0) is 17.2 Å². The summed E-state index contributed by atoms with van der Waals surface area (Å²) in [5.41, 5.74) is 2.33. The molecule has 3 nitrogen and oxygen atoms in total. The normalized spacial score (nSPS) is 13.1. The summed E-state index contributed by atoms with van der Waals surface area (Å²) < 4.78 is 5.41. The number of fused-ring (bicyclic) bond motifs is 1. The molecule has 2 rings (SSSR count). The van der Waals surface area contributed by atoms with E-state index in [-0.39, 0.29) is 5.91 Å². The van der Waals surface area contributed by atoms with Gasteiger partial charge in [0, 0.05) is 25.3 Å². The standard InChI is InChI=1S/C12H14ClNO2/c13-5-3-12(15)14-8-9-1-2-11-10(7-9)4-6-16-11/h1-2,7H,3-6,8H2,(H,14,15). The summed E-state index contributed by atoms with van der Waals surface area (Å²) in [4.78, 5) is 11.2. The highest BCUT2D eigenvalue weighted by Gasteiger charge is 2.11. The van der Waals surface area contributed by atoms with Crippen molar-refractivity contribution in [3.8, 4) is 5.75 Å². The number of rotatable bonds is 4. The van der Waals surface area contributed by atoms with Crippen molar-refractivity contribution in [2.24, 2.45) is 0 Å². The Balaban J connectivity index is 1.93. The van der Waals surface area contributed by atoms with E-state index in [2.05, 4.69) is 11.4 Å². The van der Waals surface area contributed by atoms with Crippen LogP contribution in [0.4, 0.5) is 0 Å². The number of ether oxygens (including phenoxy) is 1. The maximum Gasteiger partial charge on any atom is 0.221 e. The molecular formula is C12H14ClNO2. The lowest BCUT2D eigenvalue weighted by molar-refractivity contribution is -0.120. The second kappa shape index (κ2) is 5.21. The lowest BCUT2D eigenvalue weighted by Crippen LogP contribution is -2.22. The molecule has 0 aromatic heterocycles. The predicted molar refractivity (Wildman–Crippen MR) is 62.8 cm³/mol. The van der Waals surface area contributed by atoms with Gasteiger partial charge in [-0.15, -0.1) is 11.6 Å². The van der Waals surface area contributed by atoms with Crippen LogP contribution in [-0.4, -0.2) is 18.4 Å². The molecule has 0 spiro atoms. The summed E-state index contributed by atoms with van der Waals surface area (Å²) in [5, 5.41) is 2.83. The molecule has 0 bridgehead atoms. The number of amides is 1. The molecule has 1 aliphatic heterocycles. The molecule has 4 heteroatoms. The molecule has 0 radical (unpaired) electrons. The third kappa shape index (κ3) is 2.67. The monoisotopic (exact) mass is 239 g/mol. The molecule has 16 heavy (non-hydrogen) atoms. The third-order valence-electron chi connectivity index (χ3n) is 2.57. The second-order valence-electron chi connectivity index (χ2n) is 3.76. The number of carbonyl (C=O) groups excluding carboxylic acids is 1. The quantitative estimate of drug-likeness (QED) is 0.815. The van der Waals surface area contributed by atoms with Crippen LogP contribution in [0.2, 0.25) is 0 Å². The Hall–Kier alpha value is -1.22. The summed E-state index contributed by atoms with van der Waals surface area (Å²) in [6, 6.07) is 6.03. The van der Waals surface area contributed by atoms with Gasteiger partial charge in [0.15, 0.2) is 0 Å². The molecule has 0 unspecified atom stereocenters. The van der Waals surface area contributed by atoms with Gasteiger partial charge in [0.25, 0.3) is 0 Å². The Bertz CT molecular complexity index is 393. The van der Waals surface area contributed by atoms with Crippen molar-refractivity contribution < 1.29 is 9.53 Å². The minimum atomic E-state index is -0.00764. The third-order valence-corrected chi connectivity index (χ3v) is 2.75. The minimum Gasteiger partial charge on any atom is -0.493 e. The first-order valence-corrected chi connectivity index (χ1v) is 5.90. The molecule has 0 aliphatic carbocycles. The van der Waals surface area contributed by atoms with Crippen molar-refractivity contribution >= 4 is 17.5 Å². The Labute approximate surface area is 99.7 Å². The summed E-state index contributed by atoms with van der Waals surface area (Å²) in [5.74, 6) is 1.33. The number of hydrogen-bond donors (Lipinski definition) is 1. The van der Waals surface area contributed by atoms with Crippen molar-refractivity contribution in [3.05, 3.63) is 29.3 Å². The summed E-state index contributed by atoms with van der Waals surface area (Å²) in [6.07, 6.45) is 1.33. The van der Waals surface area contributed by atoms with Crippen LogP contribution in [0.25, 0.3) is 0 Å². The van der Waals surface area contributed by atoms with Crippen LogP contribution in [0, 0.1) is 0 Å². The molecule has 0 saturated carbocycles. The maximum atomic E-state index is 11.2. The molecule has 0 saturated heterocycles. The van der Waals surface area contributed by atoms with E-state index in [9.17, 15) is 4.79 Å². The largest absolute Gasteiger partial charge is 0.493 e. The molecule has 1 amide bonds. The maximum absolute atomic E-state index is 11.2. The number of halogens is 1. The van der Waals surface area contributed by atoms with Crippen molar-refractivity contribution in [3.63, 3.8) is 0 Å². The smallest absolute Gasteiger partial charge is 0.221 e. The van der Waals surface area contributed by atoms with E-state index in [1.165, 1.54) is 5.56 Å². The van der Waals surface area contributed by atoms with E-state index in [0.29, 0.717) is 18.8 Å². The number of alkyl halides is 1. The molecular weight excluding hydrogens is 226 g/mol. The van der Waals surface area contributed by atoms with Gasteiger partial charge in [0.2, 0.25) is 5.91 Å². The van der Waals surface area contributed by atoms with Crippen molar-refractivity contribution in [2.75, 3.05) is 12.5 Å². The van der Waals surface area contributed by atoms with Crippen LogP contribution in [0.15, 0.2) is 18.2 Å². The first-order valence-electron chi connectivity index (χ1n) is 5.37. The molecule has 1 aromatic rings. The number of carbonyl (C=O) groups is 1. The Morgan fingerprint density at radius 1 is 1.50 bits per heavy atom. The van der Waals surface area contributed by atoms with Gasteiger partial charge in [0.05, 0.1) is 6.61 Å². The van der Waals surface area contributed by atoms with Crippen LogP contribution >= 0.6 is 11.6 Å². The second-order valence-corrected chi connectivity index (χ2v) is 4.13. The minimum absolute atomic E-state index is 0.00764. The predicted octanol–water partition coefficient (Wildman–Crippen LogP) is 1.87. The van der Waals surface area contributed by atoms with E-state index in [1.807, 2.05) is 12.1 Å². The fraction of sp³-hybridized carbons (Fsp3) is 0.417. The first-order chi connectivity index (χ1) is 7.79. The first kappa shape index (κ1) is 11.3. The molecule has 1 aromatic carbocycles. The molecule has 0 atom stereocenters. The van der Waals surface area contributed by atoms with Gasteiger partial charge >= 0.3 is 0 Å². The molecule has 0 fully saturated rings. The zero-order valence-corrected chi connectivity index (χ0v) is 9.72. The van der Waals surface area contributed by atoms with Crippen LogP contribution in [-0.2, 0) is 17.8 Å². The zero-order valence-electron chi connectivity index (χ0n) is 8.96. The zero-order chi connectivity index (χ0) is 11.4. The lowest BCUT2D eigenvalue weighted by atomic mass is 10.1. The van der Waals surface area contributed by atoms with Crippen molar-refractivity contribution in [1.29, 1.82) is 0 Å². The summed E-state index contributed by atoms with van der Waals surface area (Å²) in [6.45, 7) is 1.32. The van der Waals surface area contributed by atoms with Crippen LogP contribution in [0.3, 0.4) is 0 Å². The molecule has 86 valence electrons. The fourth-order valence-electron chi connectivity index (χ4n) is 1.72. The van der Waals surface area contributed by atoms with E-state index in [0.717, 1.165) is 24.3 Å². The van der Waals surface area contributed by atoms with Crippen molar-refractivity contribution in [1.82, 2.24) is 5.32 Å². The molecule has 1 heterocycles. The highest BCUT2D eigenvalue weighted by atomic mass is 35.5. The molecule has 1 N–H and O–H groups in total. The number of nitrogens with one attached hydrogen (secondary N) is 1. The van der Waals surface area contributed by atoms with Gasteiger partial charge in [-0.25, -0.2) is 0 Å². The summed E-state index contributed by atoms with van der Waals surface area (Å²) in [7, 11) is 0. The van der Waals surface area contributed by atoms with Crippen LogP contribution in [0.1, 0.15) is 17.5 Å². The van der Waals surface area contributed by atoms with E-state index in [4.69, 9.17) is 16.3 Å². The fourth-order valence-corrected chi connectivity index (χ4v) is 1.90. The number of benzene rings is 1. The van der Waals surface area contributed by atoms with Gasteiger partial charge in [-0.3, -0.25) is 4.79 Å². The van der Waals surface area contributed by atoms with Crippen LogP contribution < -0.4 is 10.1 Å². The van der Waals surface area contributed by atoms with Gasteiger partial charge in [-0.1, -0.05) is 12.1 Å². The van der Waals surface area contributed by atoms with E-state index >= 15 is 0 Å². The van der Waals surface area contributed by atoms with Crippen molar-refractivity contribution in [2.45, 2.75) is 19.4 Å². The van der Waals surface area contributed by atoms with E-state index < -0.39 is 0 Å². The lowest BCUT2D eigenvalue weighted by Gasteiger charge is -2.05. The average molecular weight is 240 g/mol. The van der Waals surface area contributed by atoms with Gasteiger partial charge < -0.3 is 10.1 Å². The highest BCUT2D eigenvalue weighted by molar-refractivity contribution is 6.18. The Morgan fingerprint density at radius 3 is 3.19 bits per heavy atom. The average Bonchev–Trinajstić information content (AvgIpc) is 2.74. The highest BCUT2D eigenvalue weighted by Crippen LogP contribution is 2.25.